The molecule has 3 N–H and O–H groups in total. The van der Waals surface area contributed by atoms with Gasteiger partial charge in [-0.25, -0.2) is 4.79 Å². The number of carbonyl (C=O) groups is 4. The molecule has 2 aromatic carbocycles. The Hall–Kier alpha value is -3.59. The number of ether oxygens (including phenoxy) is 1. The van der Waals surface area contributed by atoms with Crippen LogP contribution in [-0.4, -0.2) is 41.8 Å². The average molecular weight is 471 g/mol. The average Bonchev–Trinajstić information content (AvgIpc) is 3.11. The van der Waals surface area contributed by atoms with Crippen molar-refractivity contribution in [1.82, 2.24) is 15.5 Å². The first-order valence-electron chi connectivity index (χ1n) is 10.4. The van der Waals surface area contributed by atoms with Crippen LogP contribution in [0.25, 0.3) is 0 Å². The van der Waals surface area contributed by atoms with E-state index in [0.717, 1.165) is 16.7 Å². The van der Waals surface area contributed by atoms with Gasteiger partial charge in [0.05, 0.1) is 17.8 Å². The van der Waals surface area contributed by atoms with Gasteiger partial charge >= 0.3 is 6.03 Å². The van der Waals surface area contributed by atoms with Crippen LogP contribution in [0.4, 0.5) is 10.5 Å². The summed E-state index contributed by atoms with van der Waals surface area (Å²) in [4.78, 5) is 50.4. The van der Waals surface area contributed by atoms with E-state index in [1.807, 2.05) is 19.1 Å². The molecule has 1 saturated heterocycles. The lowest BCUT2D eigenvalue weighted by Crippen LogP contribution is -2.52. The Morgan fingerprint density at radius 1 is 1.24 bits per heavy atom. The van der Waals surface area contributed by atoms with Crippen LogP contribution in [0.1, 0.15) is 39.9 Å². The van der Waals surface area contributed by atoms with E-state index < -0.39 is 18.0 Å². The maximum absolute atomic E-state index is 12.9. The number of nitrogens with zero attached hydrogens (tertiary/aromatic N) is 1. The Morgan fingerprint density at radius 2 is 2.03 bits per heavy atom. The smallest absolute Gasteiger partial charge is 0.319 e. The number of hydrogen-bond acceptors (Lipinski definition) is 5. The highest BCUT2D eigenvalue weighted by atomic mass is 35.5. The van der Waals surface area contributed by atoms with Crippen molar-refractivity contribution in [3.05, 3.63) is 57.6 Å². The molecule has 2 aliphatic heterocycles. The fraction of sp³-hybridized carbons (Fsp3) is 0.304. The van der Waals surface area contributed by atoms with Crippen molar-refractivity contribution in [2.75, 3.05) is 12.4 Å². The number of aryl methyl sites for hydroxylation is 1. The van der Waals surface area contributed by atoms with Gasteiger partial charge in [-0.05, 0) is 42.2 Å². The van der Waals surface area contributed by atoms with E-state index in [9.17, 15) is 19.2 Å². The number of carbonyl (C=O) groups excluding carboxylic acids is 4. The molecular weight excluding hydrogens is 448 g/mol. The predicted octanol–water partition coefficient (Wildman–Crippen LogP) is 2.74. The summed E-state index contributed by atoms with van der Waals surface area (Å²) >= 11 is 6.23. The Labute approximate surface area is 195 Å². The maximum atomic E-state index is 12.9. The minimum Gasteiger partial charge on any atom is -0.493 e. The Morgan fingerprint density at radius 3 is 2.76 bits per heavy atom. The van der Waals surface area contributed by atoms with Gasteiger partial charge in [0.25, 0.3) is 5.91 Å². The Bertz CT molecular complexity index is 1170. The fourth-order valence-corrected chi connectivity index (χ4v) is 4.26. The van der Waals surface area contributed by atoms with Gasteiger partial charge in [0.2, 0.25) is 11.8 Å². The molecule has 1 unspecified atom stereocenters. The first-order valence-corrected chi connectivity index (χ1v) is 10.8. The van der Waals surface area contributed by atoms with Crippen molar-refractivity contribution in [2.45, 2.75) is 38.9 Å². The van der Waals surface area contributed by atoms with Crippen LogP contribution in [0.3, 0.4) is 0 Å². The second kappa shape index (κ2) is 9.11. The molecule has 0 bridgehead atoms. The third-order valence-corrected chi connectivity index (χ3v) is 6.26. The van der Waals surface area contributed by atoms with E-state index in [2.05, 4.69) is 16.0 Å². The van der Waals surface area contributed by atoms with Crippen LogP contribution < -0.4 is 20.7 Å². The van der Waals surface area contributed by atoms with Crippen LogP contribution in [0.5, 0.6) is 5.75 Å². The van der Waals surface area contributed by atoms with Gasteiger partial charge in [-0.2, -0.15) is 0 Å². The number of amides is 5. The zero-order valence-corrected chi connectivity index (χ0v) is 18.9. The molecule has 0 spiro atoms. The molecular formula is C23H23ClN4O5. The number of halogens is 1. The van der Waals surface area contributed by atoms with Gasteiger partial charge in [0.1, 0.15) is 6.04 Å². The van der Waals surface area contributed by atoms with Crippen LogP contribution in [0, 0.1) is 6.92 Å². The SMILES string of the molecule is COc1c(NC(=O)NCc2ccc3c(c2)C(=O)N(C2CCC(=O)NC2=O)C3)ccc(C)c1Cl. The molecule has 0 aliphatic carbocycles. The minimum atomic E-state index is -0.661. The van der Waals surface area contributed by atoms with E-state index in [4.69, 9.17) is 16.3 Å². The summed E-state index contributed by atoms with van der Waals surface area (Å²) in [7, 11) is 1.48. The molecule has 172 valence electrons. The molecule has 4 rings (SSSR count). The van der Waals surface area contributed by atoms with Crippen molar-refractivity contribution in [3.8, 4) is 5.75 Å². The van der Waals surface area contributed by atoms with E-state index in [-0.39, 0.29) is 24.8 Å². The number of rotatable bonds is 5. The lowest BCUT2D eigenvalue weighted by Gasteiger charge is -2.29. The summed E-state index contributed by atoms with van der Waals surface area (Å²) in [5.74, 6) is -0.650. The second-order valence-electron chi connectivity index (χ2n) is 7.98. The molecule has 2 aliphatic rings. The van der Waals surface area contributed by atoms with Crippen molar-refractivity contribution < 1.29 is 23.9 Å². The number of imide groups is 1. The summed E-state index contributed by atoms with van der Waals surface area (Å²) in [6, 6.07) is 7.72. The van der Waals surface area contributed by atoms with Crippen LogP contribution in [-0.2, 0) is 22.7 Å². The van der Waals surface area contributed by atoms with E-state index in [0.29, 0.717) is 35.0 Å². The number of benzene rings is 2. The van der Waals surface area contributed by atoms with Crippen molar-refractivity contribution in [2.24, 2.45) is 0 Å². The van der Waals surface area contributed by atoms with Crippen molar-refractivity contribution >= 4 is 41.0 Å². The van der Waals surface area contributed by atoms with Gasteiger partial charge in [-0.3, -0.25) is 19.7 Å². The molecule has 1 atom stereocenters. The Kier molecular flexibility index (Phi) is 6.24. The quantitative estimate of drug-likeness (QED) is 0.581. The maximum Gasteiger partial charge on any atom is 0.319 e. The van der Waals surface area contributed by atoms with E-state index in [1.165, 1.54) is 12.0 Å². The highest BCUT2D eigenvalue weighted by Gasteiger charge is 2.39. The number of hydrogen-bond donors (Lipinski definition) is 3. The molecule has 0 radical (unpaired) electrons. The Balaban J connectivity index is 1.40. The summed E-state index contributed by atoms with van der Waals surface area (Å²) in [6.45, 7) is 2.33. The number of fused-ring (bicyclic) bond motifs is 1. The lowest BCUT2D eigenvalue weighted by molar-refractivity contribution is -0.136. The monoisotopic (exact) mass is 470 g/mol. The third kappa shape index (κ3) is 4.49. The molecule has 33 heavy (non-hydrogen) atoms. The van der Waals surface area contributed by atoms with Crippen molar-refractivity contribution in [1.29, 1.82) is 0 Å². The first-order chi connectivity index (χ1) is 15.8. The summed E-state index contributed by atoms with van der Waals surface area (Å²) in [5.41, 5.74) is 3.29. The number of urea groups is 1. The molecule has 2 heterocycles. The predicted molar refractivity (Wildman–Crippen MR) is 121 cm³/mol. The summed E-state index contributed by atoms with van der Waals surface area (Å²) in [6.07, 6.45) is 0.517. The highest BCUT2D eigenvalue weighted by molar-refractivity contribution is 6.33. The van der Waals surface area contributed by atoms with E-state index >= 15 is 0 Å². The number of piperidine rings is 1. The molecule has 9 nitrogen and oxygen atoms in total. The fourth-order valence-electron chi connectivity index (χ4n) is 4.01. The second-order valence-corrected chi connectivity index (χ2v) is 8.35. The zero-order valence-electron chi connectivity index (χ0n) is 18.2. The van der Waals surface area contributed by atoms with Crippen LogP contribution >= 0.6 is 11.6 Å². The lowest BCUT2D eigenvalue weighted by atomic mass is 10.0. The zero-order chi connectivity index (χ0) is 23.7. The van der Waals surface area contributed by atoms with Gasteiger partial charge < -0.3 is 20.3 Å². The molecule has 0 aromatic heterocycles. The normalized spacial score (nSPS) is 17.5. The van der Waals surface area contributed by atoms with Gasteiger partial charge in [-0.15, -0.1) is 0 Å². The van der Waals surface area contributed by atoms with Crippen molar-refractivity contribution in [3.63, 3.8) is 0 Å². The number of anilines is 1. The largest absolute Gasteiger partial charge is 0.493 e. The van der Waals surface area contributed by atoms with Crippen LogP contribution in [0.2, 0.25) is 5.02 Å². The summed E-state index contributed by atoms with van der Waals surface area (Å²) < 4.78 is 5.29. The highest BCUT2D eigenvalue weighted by Crippen LogP contribution is 2.35. The number of nitrogens with one attached hydrogen (secondary N) is 3. The van der Waals surface area contributed by atoms with Gasteiger partial charge in [0.15, 0.2) is 5.75 Å². The topological polar surface area (TPSA) is 117 Å². The van der Waals surface area contributed by atoms with Gasteiger partial charge in [-0.1, -0.05) is 29.8 Å². The standard InChI is InChI=1S/C23H23ClN4O5/c1-12-3-6-16(20(33-2)19(12)24)26-23(32)25-10-13-4-5-14-11-28(22(31)15(14)9-13)17-7-8-18(29)27-21(17)30/h3-6,9,17H,7-8,10-11H2,1-2H3,(H2,25,26,32)(H,27,29,30). The molecule has 5 amide bonds. The molecule has 1 fully saturated rings. The molecule has 10 heteroatoms. The van der Waals surface area contributed by atoms with Crippen LogP contribution in [0.15, 0.2) is 30.3 Å². The molecule has 2 aromatic rings. The van der Waals surface area contributed by atoms with Gasteiger partial charge in [0, 0.05) is 25.1 Å². The minimum absolute atomic E-state index is 0.187. The first kappa shape index (κ1) is 22.6. The third-order valence-electron chi connectivity index (χ3n) is 5.79. The van der Waals surface area contributed by atoms with E-state index in [1.54, 1.807) is 18.2 Å². The molecule has 0 saturated carbocycles. The number of methoxy groups -OCH3 is 1. The summed E-state index contributed by atoms with van der Waals surface area (Å²) in [5, 5.41) is 8.18.